The predicted octanol–water partition coefficient (Wildman–Crippen LogP) is 3.92. The summed E-state index contributed by atoms with van der Waals surface area (Å²) in [4.78, 5) is 0.689. The number of aromatic amines is 1. The zero-order chi connectivity index (χ0) is 11.1. The van der Waals surface area contributed by atoms with E-state index in [1.54, 1.807) is 11.4 Å². The van der Waals surface area contributed by atoms with Crippen molar-refractivity contribution < 1.29 is 13.2 Å². The Morgan fingerprint density at radius 2 is 2.07 bits per heavy atom. The maximum absolute atomic E-state index is 12.2. The fourth-order valence-electron chi connectivity index (χ4n) is 1.04. The van der Waals surface area contributed by atoms with Gasteiger partial charge in [-0.2, -0.15) is 18.3 Å². The molecule has 0 fully saturated rings. The average Bonchev–Trinajstić information content (AvgIpc) is 2.69. The molecule has 0 aromatic carbocycles. The third-order valence-electron chi connectivity index (χ3n) is 1.70. The summed E-state index contributed by atoms with van der Waals surface area (Å²) in [7, 11) is 0. The highest BCUT2D eigenvalue weighted by Gasteiger charge is 2.33. The first-order chi connectivity index (χ1) is 6.97. The molecule has 1 N–H and O–H groups in total. The van der Waals surface area contributed by atoms with Crippen LogP contribution in [-0.4, -0.2) is 10.2 Å². The SMILES string of the molecule is FC(F)(F)c1cc(-c2cc(Br)cs2)n[nH]1. The van der Waals surface area contributed by atoms with E-state index in [0.717, 1.165) is 10.5 Å². The highest BCUT2D eigenvalue weighted by Crippen LogP contribution is 2.33. The third kappa shape index (κ3) is 2.23. The zero-order valence-corrected chi connectivity index (χ0v) is 9.50. The normalized spacial score (nSPS) is 12.0. The molecular formula is C8H4BrF3N2S. The van der Waals surface area contributed by atoms with E-state index >= 15 is 0 Å². The number of H-pyrrole nitrogens is 1. The van der Waals surface area contributed by atoms with E-state index in [9.17, 15) is 13.2 Å². The van der Waals surface area contributed by atoms with Gasteiger partial charge in [0.1, 0.15) is 11.4 Å². The van der Waals surface area contributed by atoms with Gasteiger partial charge in [-0.25, -0.2) is 0 Å². The second kappa shape index (κ2) is 3.64. The molecular weight excluding hydrogens is 293 g/mol. The van der Waals surface area contributed by atoms with Crippen molar-refractivity contribution in [3.63, 3.8) is 0 Å². The predicted molar refractivity (Wildman–Crippen MR) is 54.6 cm³/mol. The fraction of sp³-hybridized carbons (Fsp3) is 0.125. The highest BCUT2D eigenvalue weighted by atomic mass is 79.9. The van der Waals surface area contributed by atoms with Gasteiger partial charge in [-0.05, 0) is 28.1 Å². The van der Waals surface area contributed by atoms with Crippen molar-refractivity contribution in [2.75, 3.05) is 0 Å². The lowest BCUT2D eigenvalue weighted by molar-refractivity contribution is -0.141. The minimum Gasteiger partial charge on any atom is -0.273 e. The van der Waals surface area contributed by atoms with Crippen LogP contribution in [0.1, 0.15) is 5.69 Å². The minimum atomic E-state index is -4.38. The van der Waals surface area contributed by atoms with Crippen LogP contribution >= 0.6 is 27.3 Å². The summed E-state index contributed by atoms with van der Waals surface area (Å²) < 4.78 is 37.6. The number of rotatable bonds is 1. The first kappa shape index (κ1) is 10.7. The van der Waals surface area contributed by atoms with E-state index < -0.39 is 11.9 Å². The van der Waals surface area contributed by atoms with E-state index in [1.165, 1.54) is 11.3 Å². The van der Waals surface area contributed by atoms with Gasteiger partial charge in [-0.15, -0.1) is 11.3 Å². The largest absolute Gasteiger partial charge is 0.432 e. The topological polar surface area (TPSA) is 28.7 Å². The summed E-state index contributed by atoms with van der Waals surface area (Å²) in [5.41, 5.74) is -0.528. The van der Waals surface area contributed by atoms with Crippen molar-refractivity contribution in [3.8, 4) is 10.6 Å². The van der Waals surface area contributed by atoms with Gasteiger partial charge >= 0.3 is 6.18 Å². The van der Waals surface area contributed by atoms with Crippen LogP contribution in [0.25, 0.3) is 10.6 Å². The van der Waals surface area contributed by atoms with Gasteiger partial charge < -0.3 is 0 Å². The molecule has 0 spiro atoms. The van der Waals surface area contributed by atoms with Gasteiger partial charge in [0, 0.05) is 9.85 Å². The van der Waals surface area contributed by atoms with Gasteiger partial charge in [0.05, 0.1) is 4.88 Å². The number of hydrogen-bond acceptors (Lipinski definition) is 2. The highest BCUT2D eigenvalue weighted by molar-refractivity contribution is 9.10. The molecule has 2 aromatic heterocycles. The second-order valence-electron chi connectivity index (χ2n) is 2.79. The van der Waals surface area contributed by atoms with Crippen LogP contribution in [0.2, 0.25) is 0 Å². The molecule has 0 unspecified atom stereocenters. The summed E-state index contributed by atoms with van der Waals surface area (Å²) in [6.07, 6.45) is -4.38. The van der Waals surface area contributed by atoms with Crippen molar-refractivity contribution in [2.24, 2.45) is 0 Å². The smallest absolute Gasteiger partial charge is 0.273 e. The molecule has 0 radical (unpaired) electrons. The first-order valence-corrected chi connectivity index (χ1v) is 5.51. The van der Waals surface area contributed by atoms with Crippen LogP contribution in [0.3, 0.4) is 0 Å². The standard InChI is InChI=1S/C8H4BrF3N2S/c9-4-1-6(15-3-4)5-2-7(14-13-5)8(10,11)12/h1-3H,(H,13,14). The van der Waals surface area contributed by atoms with Gasteiger partial charge in [0.25, 0.3) is 0 Å². The van der Waals surface area contributed by atoms with Crippen LogP contribution in [0.4, 0.5) is 13.2 Å². The van der Waals surface area contributed by atoms with Gasteiger partial charge in [0.2, 0.25) is 0 Å². The van der Waals surface area contributed by atoms with Gasteiger partial charge in [-0.3, -0.25) is 5.10 Å². The molecule has 2 aromatic rings. The maximum atomic E-state index is 12.2. The number of thiophene rings is 1. The average molecular weight is 297 g/mol. The summed E-state index contributed by atoms with van der Waals surface area (Å²) in [6, 6.07) is 2.72. The Bertz CT molecular complexity index is 474. The number of nitrogens with one attached hydrogen (secondary N) is 1. The Balaban J connectivity index is 2.36. The minimum absolute atomic E-state index is 0.304. The molecule has 0 bridgehead atoms. The molecule has 15 heavy (non-hydrogen) atoms. The molecule has 0 aliphatic carbocycles. The molecule has 0 amide bonds. The zero-order valence-electron chi connectivity index (χ0n) is 7.10. The molecule has 80 valence electrons. The molecule has 2 heterocycles. The van der Waals surface area contributed by atoms with Crippen LogP contribution in [0, 0.1) is 0 Å². The van der Waals surface area contributed by atoms with Crippen LogP contribution in [-0.2, 0) is 6.18 Å². The quantitative estimate of drug-likeness (QED) is 0.849. The fourth-order valence-corrected chi connectivity index (χ4v) is 2.43. The molecule has 2 nitrogen and oxygen atoms in total. The molecule has 0 saturated heterocycles. The number of alkyl halides is 3. The van der Waals surface area contributed by atoms with Crippen molar-refractivity contribution in [1.29, 1.82) is 0 Å². The van der Waals surface area contributed by atoms with Gasteiger partial charge in [0.15, 0.2) is 0 Å². The lowest BCUT2D eigenvalue weighted by Crippen LogP contribution is -2.04. The summed E-state index contributed by atoms with van der Waals surface area (Å²) in [5.74, 6) is 0. The van der Waals surface area contributed by atoms with Gasteiger partial charge in [-0.1, -0.05) is 0 Å². The van der Waals surface area contributed by atoms with Crippen molar-refractivity contribution in [3.05, 3.63) is 27.7 Å². The second-order valence-corrected chi connectivity index (χ2v) is 4.62. The Morgan fingerprint density at radius 1 is 1.33 bits per heavy atom. The van der Waals surface area contributed by atoms with Crippen molar-refractivity contribution in [2.45, 2.75) is 6.18 Å². The Hall–Kier alpha value is -0.820. The lowest BCUT2D eigenvalue weighted by Gasteiger charge is -1.99. The summed E-state index contributed by atoms with van der Waals surface area (Å²) in [6.45, 7) is 0. The van der Waals surface area contributed by atoms with E-state index in [1.807, 2.05) is 5.10 Å². The number of aromatic nitrogens is 2. The van der Waals surface area contributed by atoms with E-state index in [4.69, 9.17) is 0 Å². The first-order valence-electron chi connectivity index (χ1n) is 3.84. The Kier molecular flexibility index (Phi) is 2.59. The maximum Gasteiger partial charge on any atom is 0.432 e. The van der Waals surface area contributed by atoms with Crippen LogP contribution in [0.15, 0.2) is 22.0 Å². The van der Waals surface area contributed by atoms with Crippen LogP contribution < -0.4 is 0 Å². The third-order valence-corrected chi connectivity index (χ3v) is 3.42. The molecule has 0 atom stereocenters. The monoisotopic (exact) mass is 296 g/mol. The molecule has 7 heteroatoms. The number of halogens is 4. The van der Waals surface area contributed by atoms with Crippen molar-refractivity contribution in [1.82, 2.24) is 10.2 Å². The van der Waals surface area contributed by atoms with Crippen molar-refractivity contribution >= 4 is 27.3 Å². The molecule has 0 saturated carbocycles. The van der Waals surface area contributed by atoms with E-state index in [2.05, 4.69) is 21.0 Å². The number of nitrogens with zero attached hydrogens (tertiary/aromatic N) is 1. The molecule has 0 aliphatic rings. The Morgan fingerprint density at radius 3 is 2.53 bits per heavy atom. The molecule has 0 aliphatic heterocycles. The molecule has 2 rings (SSSR count). The Labute approximate surface area is 95.3 Å². The lowest BCUT2D eigenvalue weighted by atomic mass is 10.3. The van der Waals surface area contributed by atoms with E-state index in [0.29, 0.717) is 10.6 Å². The summed E-state index contributed by atoms with van der Waals surface area (Å²) >= 11 is 4.56. The summed E-state index contributed by atoms with van der Waals surface area (Å²) in [5, 5.41) is 7.37. The number of hydrogen-bond donors (Lipinski definition) is 1. The van der Waals surface area contributed by atoms with E-state index in [-0.39, 0.29) is 0 Å². The van der Waals surface area contributed by atoms with Crippen LogP contribution in [0.5, 0.6) is 0 Å².